The van der Waals surface area contributed by atoms with Gasteiger partial charge in [0.05, 0.1) is 12.0 Å². The lowest BCUT2D eigenvalue weighted by molar-refractivity contribution is 0.0950. The molecule has 7 nitrogen and oxygen atoms in total. The molecule has 152 valence electrons. The average molecular weight is 432 g/mol. The summed E-state index contributed by atoms with van der Waals surface area (Å²) in [4.78, 5) is 16.9. The summed E-state index contributed by atoms with van der Waals surface area (Å²) in [5.41, 5.74) is 2.04. The molecule has 1 heterocycles. The lowest BCUT2D eigenvalue weighted by atomic mass is 10.1. The Balaban J connectivity index is 1.56. The SMILES string of the molecule is COc1ccccc1CCNC(=O)c1csc(Nc2ccc(S(C)(=O)=O)cc2)n1. The molecule has 3 aromatic rings. The Bertz CT molecular complexity index is 1090. The first-order valence-electron chi connectivity index (χ1n) is 8.79. The van der Waals surface area contributed by atoms with Crippen molar-refractivity contribution in [2.75, 3.05) is 25.2 Å². The van der Waals surface area contributed by atoms with E-state index in [1.54, 1.807) is 24.6 Å². The van der Waals surface area contributed by atoms with Crippen molar-refractivity contribution in [1.29, 1.82) is 0 Å². The number of para-hydroxylation sites is 1. The second kappa shape index (κ2) is 9.06. The third kappa shape index (κ3) is 5.55. The molecule has 0 aliphatic carbocycles. The third-order valence-corrected chi connectivity index (χ3v) is 6.03. The Hall–Kier alpha value is -2.91. The van der Waals surface area contributed by atoms with Crippen LogP contribution in [0.2, 0.25) is 0 Å². The van der Waals surface area contributed by atoms with E-state index in [9.17, 15) is 13.2 Å². The molecule has 0 fully saturated rings. The highest BCUT2D eigenvalue weighted by Gasteiger charge is 2.12. The second-order valence-electron chi connectivity index (χ2n) is 6.28. The maximum Gasteiger partial charge on any atom is 0.270 e. The van der Waals surface area contributed by atoms with E-state index in [4.69, 9.17) is 4.74 Å². The average Bonchev–Trinajstić information content (AvgIpc) is 3.16. The molecule has 1 amide bonds. The van der Waals surface area contributed by atoms with Crippen molar-refractivity contribution in [3.8, 4) is 5.75 Å². The van der Waals surface area contributed by atoms with E-state index in [2.05, 4.69) is 15.6 Å². The van der Waals surface area contributed by atoms with Crippen LogP contribution >= 0.6 is 11.3 Å². The maximum absolute atomic E-state index is 12.3. The number of benzene rings is 2. The Labute approximate surface area is 173 Å². The van der Waals surface area contributed by atoms with Crippen molar-refractivity contribution in [3.63, 3.8) is 0 Å². The lowest BCUT2D eigenvalue weighted by Crippen LogP contribution is -2.26. The van der Waals surface area contributed by atoms with Gasteiger partial charge in [-0.2, -0.15) is 0 Å². The molecule has 0 bridgehead atoms. The van der Waals surface area contributed by atoms with E-state index in [1.165, 1.54) is 23.5 Å². The zero-order chi connectivity index (χ0) is 20.9. The number of sulfone groups is 1. The predicted octanol–water partition coefficient (Wildman–Crippen LogP) is 3.27. The van der Waals surface area contributed by atoms with Crippen LogP contribution in [0.15, 0.2) is 58.8 Å². The molecule has 9 heteroatoms. The zero-order valence-corrected chi connectivity index (χ0v) is 17.6. The number of carbonyl (C=O) groups is 1. The minimum atomic E-state index is -3.23. The highest BCUT2D eigenvalue weighted by atomic mass is 32.2. The van der Waals surface area contributed by atoms with Gasteiger partial charge in [-0.1, -0.05) is 18.2 Å². The zero-order valence-electron chi connectivity index (χ0n) is 16.0. The molecule has 2 aromatic carbocycles. The molecule has 0 spiro atoms. The minimum Gasteiger partial charge on any atom is -0.496 e. The Morgan fingerprint density at radius 1 is 1.14 bits per heavy atom. The summed E-state index contributed by atoms with van der Waals surface area (Å²) in [7, 11) is -1.61. The van der Waals surface area contributed by atoms with Crippen molar-refractivity contribution in [2.24, 2.45) is 0 Å². The van der Waals surface area contributed by atoms with Crippen molar-refractivity contribution in [1.82, 2.24) is 10.3 Å². The van der Waals surface area contributed by atoms with Crippen LogP contribution < -0.4 is 15.4 Å². The van der Waals surface area contributed by atoms with E-state index in [-0.39, 0.29) is 10.8 Å². The number of ether oxygens (including phenoxy) is 1. The Morgan fingerprint density at radius 2 is 1.86 bits per heavy atom. The monoisotopic (exact) mass is 431 g/mol. The van der Waals surface area contributed by atoms with Gasteiger partial charge in [0.2, 0.25) is 0 Å². The predicted molar refractivity (Wildman–Crippen MR) is 114 cm³/mol. The molecule has 1 aromatic heterocycles. The summed E-state index contributed by atoms with van der Waals surface area (Å²) >= 11 is 1.30. The number of rotatable bonds is 8. The first-order valence-corrected chi connectivity index (χ1v) is 11.6. The fraction of sp³-hybridized carbons (Fsp3) is 0.200. The molecule has 0 atom stereocenters. The molecule has 0 aliphatic heterocycles. The summed E-state index contributed by atoms with van der Waals surface area (Å²) in [5, 5.41) is 8.15. The Kier molecular flexibility index (Phi) is 6.50. The number of amides is 1. The minimum absolute atomic E-state index is 0.248. The van der Waals surface area contributed by atoms with Gasteiger partial charge in [-0.25, -0.2) is 13.4 Å². The molecule has 0 saturated carbocycles. The summed E-state index contributed by atoms with van der Waals surface area (Å²) < 4.78 is 28.3. The fourth-order valence-electron chi connectivity index (χ4n) is 2.66. The molecule has 0 aliphatic rings. The van der Waals surface area contributed by atoms with E-state index >= 15 is 0 Å². The fourth-order valence-corrected chi connectivity index (χ4v) is 4.00. The smallest absolute Gasteiger partial charge is 0.270 e. The number of nitrogens with zero attached hydrogens (tertiary/aromatic N) is 1. The van der Waals surface area contributed by atoms with Crippen LogP contribution in [-0.4, -0.2) is 39.2 Å². The Morgan fingerprint density at radius 3 is 2.55 bits per heavy atom. The van der Waals surface area contributed by atoms with E-state index in [1.807, 2.05) is 24.3 Å². The highest BCUT2D eigenvalue weighted by Crippen LogP contribution is 2.22. The standard InChI is InChI=1S/C20H21N3O4S2/c1-27-18-6-4-3-5-14(18)11-12-21-19(24)17-13-28-20(23-17)22-15-7-9-16(10-8-15)29(2,25)26/h3-10,13H,11-12H2,1-2H3,(H,21,24)(H,22,23). The van der Waals surface area contributed by atoms with Crippen LogP contribution in [0.3, 0.4) is 0 Å². The van der Waals surface area contributed by atoms with Crippen LogP contribution in [0.25, 0.3) is 0 Å². The molecule has 0 unspecified atom stereocenters. The number of thiazole rings is 1. The number of anilines is 2. The largest absolute Gasteiger partial charge is 0.496 e. The van der Waals surface area contributed by atoms with Crippen LogP contribution in [0.1, 0.15) is 16.1 Å². The lowest BCUT2D eigenvalue weighted by Gasteiger charge is -2.08. The summed E-state index contributed by atoms with van der Waals surface area (Å²) in [6, 6.07) is 14.0. The van der Waals surface area contributed by atoms with Crippen molar-refractivity contribution in [3.05, 3.63) is 65.2 Å². The van der Waals surface area contributed by atoms with Gasteiger partial charge in [-0.05, 0) is 42.3 Å². The van der Waals surface area contributed by atoms with E-state index < -0.39 is 9.84 Å². The van der Waals surface area contributed by atoms with Crippen LogP contribution in [0.4, 0.5) is 10.8 Å². The first-order chi connectivity index (χ1) is 13.9. The summed E-state index contributed by atoms with van der Waals surface area (Å²) in [5.74, 6) is 0.542. The molecule has 29 heavy (non-hydrogen) atoms. The molecule has 0 radical (unpaired) electrons. The highest BCUT2D eigenvalue weighted by molar-refractivity contribution is 7.90. The van der Waals surface area contributed by atoms with Crippen molar-refractivity contribution < 1.29 is 17.9 Å². The third-order valence-electron chi connectivity index (χ3n) is 4.14. The number of hydrogen-bond donors (Lipinski definition) is 2. The topological polar surface area (TPSA) is 97.4 Å². The first kappa shape index (κ1) is 20.8. The molecular formula is C20H21N3O4S2. The summed E-state index contributed by atoms with van der Waals surface area (Å²) in [6.45, 7) is 0.465. The molecular weight excluding hydrogens is 410 g/mol. The molecule has 3 rings (SSSR count). The normalized spacial score (nSPS) is 11.1. The number of nitrogens with one attached hydrogen (secondary N) is 2. The maximum atomic E-state index is 12.3. The number of carbonyl (C=O) groups excluding carboxylic acids is 1. The van der Waals surface area contributed by atoms with Gasteiger partial charge in [0.15, 0.2) is 15.0 Å². The van der Waals surface area contributed by atoms with Crippen LogP contribution in [0.5, 0.6) is 5.75 Å². The summed E-state index contributed by atoms with van der Waals surface area (Å²) in [6.07, 6.45) is 1.81. The quantitative estimate of drug-likeness (QED) is 0.568. The van der Waals surface area contributed by atoms with Gasteiger partial charge in [0, 0.05) is 23.9 Å². The van der Waals surface area contributed by atoms with Gasteiger partial charge in [-0.3, -0.25) is 4.79 Å². The van der Waals surface area contributed by atoms with E-state index in [0.717, 1.165) is 17.6 Å². The van der Waals surface area contributed by atoms with Crippen LogP contribution in [0, 0.1) is 0 Å². The van der Waals surface area contributed by atoms with E-state index in [0.29, 0.717) is 29.5 Å². The van der Waals surface area contributed by atoms with Gasteiger partial charge >= 0.3 is 0 Å². The van der Waals surface area contributed by atoms with Gasteiger partial charge in [0.1, 0.15) is 11.4 Å². The van der Waals surface area contributed by atoms with Gasteiger partial charge in [-0.15, -0.1) is 11.3 Å². The van der Waals surface area contributed by atoms with Crippen molar-refractivity contribution in [2.45, 2.75) is 11.3 Å². The van der Waals surface area contributed by atoms with Crippen molar-refractivity contribution >= 4 is 37.9 Å². The molecule has 0 saturated heterocycles. The van der Waals surface area contributed by atoms with Gasteiger partial charge < -0.3 is 15.4 Å². The molecule has 2 N–H and O–H groups in total. The number of hydrogen-bond acceptors (Lipinski definition) is 7. The number of aromatic nitrogens is 1. The van der Waals surface area contributed by atoms with Gasteiger partial charge in [0.25, 0.3) is 5.91 Å². The second-order valence-corrected chi connectivity index (χ2v) is 9.15. The number of methoxy groups -OCH3 is 1. The van der Waals surface area contributed by atoms with Crippen LogP contribution in [-0.2, 0) is 16.3 Å².